The van der Waals surface area contributed by atoms with Crippen LogP contribution in [0.25, 0.3) is 0 Å². The molecule has 2 heterocycles. The Bertz CT molecular complexity index is 1000. The number of hydrogen-bond acceptors (Lipinski definition) is 4. The molecule has 1 saturated carbocycles. The topological polar surface area (TPSA) is 46.1 Å². The van der Waals surface area contributed by atoms with Crippen molar-refractivity contribution in [1.29, 1.82) is 0 Å². The number of nitrogens with zero attached hydrogens (tertiary/aromatic N) is 3. The normalized spacial score (nSPS) is 16.0. The lowest BCUT2D eigenvalue weighted by molar-refractivity contribution is -0.138. The molecule has 5 rings (SSSR count). The van der Waals surface area contributed by atoms with Crippen molar-refractivity contribution in [3.63, 3.8) is 0 Å². The first-order valence-corrected chi connectivity index (χ1v) is 10.6. The van der Waals surface area contributed by atoms with Crippen LogP contribution in [-0.2, 0) is 19.1 Å². The number of rotatable bonds is 3. The van der Waals surface area contributed by atoms with Crippen LogP contribution in [0.1, 0.15) is 45.8 Å². The van der Waals surface area contributed by atoms with Crippen molar-refractivity contribution in [1.82, 2.24) is 10.2 Å². The van der Waals surface area contributed by atoms with Crippen molar-refractivity contribution in [2.45, 2.75) is 38.4 Å². The first-order chi connectivity index (χ1) is 14.4. The van der Waals surface area contributed by atoms with E-state index in [2.05, 4.69) is 10.2 Å². The summed E-state index contributed by atoms with van der Waals surface area (Å²) < 4.78 is 38.9. The summed E-state index contributed by atoms with van der Waals surface area (Å²) in [7, 11) is 0. The summed E-state index contributed by atoms with van der Waals surface area (Å²) >= 11 is 1.68. The summed E-state index contributed by atoms with van der Waals surface area (Å²) in [6.07, 6.45) is 0.950. The molecule has 1 amide bonds. The fourth-order valence-corrected chi connectivity index (χ4v) is 4.29. The molecule has 156 valence electrons. The van der Waals surface area contributed by atoms with Gasteiger partial charge in [-0.15, -0.1) is 21.5 Å². The van der Waals surface area contributed by atoms with Gasteiger partial charge in [0.2, 0.25) is 0 Å². The Morgan fingerprint density at radius 3 is 2.43 bits per heavy atom. The summed E-state index contributed by atoms with van der Waals surface area (Å²) in [5, 5.41) is 9.02. The van der Waals surface area contributed by atoms with Gasteiger partial charge in [0.15, 0.2) is 0 Å². The second-order valence-electron chi connectivity index (χ2n) is 7.39. The number of hydrogen-bond donors (Lipinski definition) is 0. The zero-order chi connectivity index (χ0) is 21.1. The Kier molecular flexibility index (Phi) is 5.85. The molecule has 0 unspecified atom stereocenters. The molecule has 1 aliphatic heterocycles. The van der Waals surface area contributed by atoms with Gasteiger partial charge in [-0.05, 0) is 35.7 Å². The Morgan fingerprint density at radius 1 is 1.07 bits per heavy atom. The minimum Gasteiger partial charge on any atom is -0.304 e. The second-order valence-corrected chi connectivity index (χ2v) is 8.31. The molecule has 0 N–H and O–H groups in total. The molecular formula is C22H20F3N3OS. The number of anilines is 1. The van der Waals surface area contributed by atoms with Gasteiger partial charge in [0.25, 0.3) is 5.91 Å². The van der Waals surface area contributed by atoms with Gasteiger partial charge in [0, 0.05) is 17.7 Å². The number of carbonyl (C=O) groups is 1. The number of para-hydroxylation sites is 1. The average molecular weight is 431 g/mol. The van der Waals surface area contributed by atoms with Crippen LogP contribution in [0.4, 0.5) is 18.9 Å². The van der Waals surface area contributed by atoms with Crippen LogP contribution in [0.2, 0.25) is 0 Å². The third kappa shape index (κ3) is 4.38. The third-order valence-electron chi connectivity index (χ3n) is 5.43. The van der Waals surface area contributed by atoms with Gasteiger partial charge >= 0.3 is 6.18 Å². The number of alkyl halides is 3. The highest BCUT2D eigenvalue weighted by atomic mass is 32.1. The molecule has 1 aliphatic carbocycles. The van der Waals surface area contributed by atoms with Gasteiger partial charge < -0.3 is 4.90 Å². The molecule has 30 heavy (non-hydrogen) atoms. The van der Waals surface area contributed by atoms with Crippen molar-refractivity contribution >= 4 is 22.9 Å². The first kappa shape index (κ1) is 20.5. The van der Waals surface area contributed by atoms with E-state index in [1.807, 2.05) is 5.51 Å². The number of carbonyl (C=O) groups excluding carboxylic acids is 1. The maximum atomic E-state index is 13.0. The first-order valence-electron chi connectivity index (χ1n) is 9.74. The number of fused-ring (bicyclic) bond motifs is 1. The predicted molar refractivity (Wildman–Crippen MR) is 109 cm³/mol. The largest absolute Gasteiger partial charge is 0.416 e. The molecule has 3 aromatic rings. The number of aromatic nitrogens is 2. The molecule has 1 aromatic heterocycles. The van der Waals surface area contributed by atoms with Crippen LogP contribution in [0.15, 0.2) is 54.0 Å². The van der Waals surface area contributed by atoms with E-state index >= 15 is 0 Å². The summed E-state index contributed by atoms with van der Waals surface area (Å²) in [5.74, 6) is 0.533. The summed E-state index contributed by atoms with van der Waals surface area (Å²) in [6.45, 7) is -0.0478. The van der Waals surface area contributed by atoms with Crippen LogP contribution >= 0.6 is 11.3 Å². The lowest BCUT2D eigenvalue weighted by Gasteiger charge is -2.23. The molecule has 4 nitrogen and oxygen atoms in total. The number of amides is 1. The quantitative estimate of drug-likeness (QED) is 0.531. The van der Waals surface area contributed by atoms with E-state index in [-0.39, 0.29) is 17.7 Å². The molecule has 2 aliphatic rings. The third-order valence-corrected chi connectivity index (χ3v) is 6.15. The van der Waals surface area contributed by atoms with Crippen LogP contribution in [0, 0.1) is 5.92 Å². The Balaban J connectivity index is 0.000000181. The summed E-state index contributed by atoms with van der Waals surface area (Å²) in [5.41, 5.74) is 1.86. The molecule has 0 spiro atoms. The van der Waals surface area contributed by atoms with Gasteiger partial charge in [-0.2, -0.15) is 13.2 Å². The second kappa shape index (κ2) is 8.55. The van der Waals surface area contributed by atoms with E-state index < -0.39 is 17.6 Å². The van der Waals surface area contributed by atoms with Gasteiger partial charge in [0.1, 0.15) is 10.5 Å². The van der Waals surface area contributed by atoms with Crippen LogP contribution in [-0.4, -0.2) is 16.1 Å². The predicted octanol–water partition coefficient (Wildman–Crippen LogP) is 5.75. The van der Waals surface area contributed by atoms with E-state index in [0.29, 0.717) is 5.69 Å². The fourth-order valence-electron chi connectivity index (χ4n) is 3.64. The minimum absolute atomic E-state index is 0.0478. The fraction of sp³-hybridized carbons (Fsp3) is 0.318. The minimum atomic E-state index is -4.45. The van der Waals surface area contributed by atoms with Gasteiger partial charge in [-0.3, -0.25) is 4.79 Å². The van der Waals surface area contributed by atoms with E-state index in [1.54, 1.807) is 41.7 Å². The van der Waals surface area contributed by atoms with Crippen molar-refractivity contribution in [2.75, 3.05) is 4.90 Å². The molecule has 0 saturated heterocycles. The maximum absolute atomic E-state index is 13.0. The van der Waals surface area contributed by atoms with E-state index in [9.17, 15) is 18.0 Å². The molecule has 0 bridgehead atoms. The van der Waals surface area contributed by atoms with Crippen molar-refractivity contribution in [2.24, 2.45) is 5.92 Å². The monoisotopic (exact) mass is 431 g/mol. The maximum Gasteiger partial charge on any atom is 0.416 e. The van der Waals surface area contributed by atoms with Gasteiger partial charge in [-0.1, -0.05) is 43.5 Å². The van der Waals surface area contributed by atoms with Crippen LogP contribution in [0.5, 0.6) is 0 Å². The number of halogens is 3. The highest BCUT2D eigenvalue weighted by Gasteiger charge is 2.39. The summed E-state index contributed by atoms with van der Waals surface area (Å²) in [6, 6.07) is 12.4. The van der Waals surface area contributed by atoms with Crippen LogP contribution in [0.3, 0.4) is 0 Å². The zero-order valence-corrected chi connectivity index (χ0v) is 16.9. The van der Waals surface area contributed by atoms with Crippen molar-refractivity contribution < 1.29 is 18.0 Å². The smallest absolute Gasteiger partial charge is 0.304 e. The van der Waals surface area contributed by atoms with Gasteiger partial charge in [-0.25, -0.2) is 0 Å². The molecule has 0 atom stereocenters. The Morgan fingerprint density at radius 2 is 1.83 bits per heavy atom. The average Bonchev–Trinajstić information content (AvgIpc) is 3.33. The van der Waals surface area contributed by atoms with E-state index in [1.165, 1.54) is 47.7 Å². The van der Waals surface area contributed by atoms with E-state index in [4.69, 9.17) is 0 Å². The van der Waals surface area contributed by atoms with Gasteiger partial charge in [0.05, 0.1) is 12.1 Å². The summed E-state index contributed by atoms with van der Waals surface area (Å²) in [4.78, 5) is 13.6. The number of benzene rings is 2. The SMILES string of the molecule is O=C1c2cccc(C(F)(F)F)c2CN1c1ccccc1.c1nnc(CC2CCC2)s1. The lowest BCUT2D eigenvalue weighted by Crippen LogP contribution is -2.22. The standard InChI is InChI=1S/C15H10F3NO.C7H10N2S/c16-15(17,18)13-8-4-7-11-12(13)9-19(14(11)20)10-5-2-1-3-6-10;1-2-6(3-1)4-7-9-8-5-10-7/h1-8H,9H2;5-6H,1-4H2. The molecule has 1 fully saturated rings. The zero-order valence-electron chi connectivity index (χ0n) is 16.1. The molecular weight excluding hydrogens is 411 g/mol. The van der Waals surface area contributed by atoms with Crippen molar-refractivity contribution in [3.8, 4) is 0 Å². The lowest BCUT2D eigenvalue weighted by atomic mass is 9.83. The highest BCUT2D eigenvalue weighted by Crippen LogP contribution is 2.38. The molecule has 2 aromatic carbocycles. The van der Waals surface area contributed by atoms with Crippen LogP contribution < -0.4 is 4.90 Å². The van der Waals surface area contributed by atoms with Crippen molar-refractivity contribution in [3.05, 3.63) is 75.7 Å². The highest BCUT2D eigenvalue weighted by molar-refractivity contribution is 7.09. The molecule has 8 heteroatoms. The molecule has 0 radical (unpaired) electrons. The van der Waals surface area contributed by atoms with E-state index in [0.717, 1.165) is 12.0 Å². The Hall–Kier alpha value is -2.74. The Labute approximate surface area is 176 Å².